The molecule has 10 nitrogen and oxygen atoms in total. The lowest BCUT2D eigenvalue weighted by atomic mass is 10.0. The third-order valence-corrected chi connectivity index (χ3v) is 7.93. The predicted octanol–water partition coefficient (Wildman–Crippen LogP) is 2.93. The van der Waals surface area contributed by atoms with Crippen LogP contribution in [0.1, 0.15) is 44.1 Å². The predicted molar refractivity (Wildman–Crippen MR) is 140 cm³/mol. The number of carbonyl (C=O) groups excluding carboxylic acids is 1. The minimum Gasteiger partial charge on any atom is -0.393 e. The Hall–Kier alpha value is -2.45. The number of carbonyl (C=O) groups is 1. The van der Waals surface area contributed by atoms with E-state index < -0.39 is 22.3 Å². The second kappa shape index (κ2) is 11.9. The summed E-state index contributed by atoms with van der Waals surface area (Å²) in [4.78, 5) is 23.3. The van der Waals surface area contributed by atoms with Crippen molar-refractivity contribution in [1.29, 1.82) is 0 Å². The summed E-state index contributed by atoms with van der Waals surface area (Å²) in [7, 11) is -2.49. The molecule has 1 aliphatic carbocycles. The highest BCUT2D eigenvalue weighted by molar-refractivity contribution is 7.84. The first-order valence-electron chi connectivity index (χ1n) is 11.4. The molecule has 0 radical (unpaired) electrons. The SMILES string of the molecule is COCc1sc(C(=O)c2cncnc2N[C@@H]2C[C@H](COS(N)(=O)=O)[C@@H](O)C2)cc1Cc1cccc(Cl)c1. The van der Waals surface area contributed by atoms with Gasteiger partial charge in [0.1, 0.15) is 12.1 Å². The molecule has 0 spiro atoms. The molecule has 0 saturated heterocycles. The Kier molecular flexibility index (Phi) is 8.90. The number of nitrogens with two attached hydrogens (primary N) is 1. The first kappa shape index (κ1) is 27.6. The lowest BCUT2D eigenvalue weighted by Gasteiger charge is -2.15. The van der Waals surface area contributed by atoms with Crippen LogP contribution in [0.2, 0.25) is 5.02 Å². The van der Waals surface area contributed by atoms with E-state index in [2.05, 4.69) is 19.5 Å². The zero-order chi connectivity index (χ0) is 26.6. The number of aliphatic hydroxyl groups excluding tert-OH is 1. The fourth-order valence-corrected chi connectivity index (χ4v) is 6.05. The second-order valence-electron chi connectivity index (χ2n) is 8.83. The first-order chi connectivity index (χ1) is 17.6. The highest BCUT2D eigenvalue weighted by Gasteiger charge is 2.35. The Balaban J connectivity index is 1.52. The molecule has 13 heteroatoms. The van der Waals surface area contributed by atoms with Gasteiger partial charge in [-0.25, -0.2) is 15.1 Å². The van der Waals surface area contributed by atoms with E-state index in [1.165, 1.54) is 23.9 Å². The Labute approximate surface area is 224 Å². The van der Waals surface area contributed by atoms with E-state index in [1.54, 1.807) is 7.11 Å². The van der Waals surface area contributed by atoms with E-state index in [4.69, 9.17) is 21.5 Å². The minimum absolute atomic E-state index is 0.222. The molecule has 0 unspecified atom stereocenters. The number of halogens is 1. The van der Waals surface area contributed by atoms with Crippen LogP contribution in [0, 0.1) is 5.92 Å². The van der Waals surface area contributed by atoms with Crippen LogP contribution >= 0.6 is 22.9 Å². The number of nitrogens with zero attached hydrogens (tertiary/aromatic N) is 2. The van der Waals surface area contributed by atoms with Crippen molar-refractivity contribution in [3.63, 3.8) is 0 Å². The number of anilines is 1. The number of methoxy groups -OCH3 is 1. The maximum absolute atomic E-state index is 13.5. The fourth-order valence-electron chi connectivity index (χ4n) is 4.37. The van der Waals surface area contributed by atoms with Crippen molar-refractivity contribution in [3.05, 3.63) is 74.3 Å². The average Bonchev–Trinajstić information content (AvgIpc) is 3.40. The van der Waals surface area contributed by atoms with E-state index in [0.717, 1.165) is 16.0 Å². The van der Waals surface area contributed by atoms with Gasteiger partial charge in [0.05, 0.1) is 29.8 Å². The molecule has 2 heterocycles. The number of ether oxygens (including phenoxy) is 1. The Morgan fingerprint density at radius 3 is 2.86 bits per heavy atom. The largest absolute Gasteiger partial charge is 0.393 e. The molecule has 1 fully saturated rings. The van der Waals surface area contributed by atoms with Crippen molar-refractivity contribution in [1.82, 2.24) is 9.97 Å². The summed E-state index contributed by atoms with van der Waals surface area (Å²) < 4.78 is 32.2. The molecule has 1 aliphatic rings. The monoisotopic (exact) mass is 566 g/mol. The van der Waals surface area contributed by atoms with E-state index in [9.17, 15) is 18.3 Å². The average molecular weight is 567 g/mol. The number of hydrogen-bond acceptors (Lipinski definition) is 10. The standard InChI is InChI=1S/C24H27ClN4O6S2/c1-34-12-22-15(5-14-3-2-4-17(25)6-14)8-21(36-22)23(31)19-10-27-13-28-24(19)29-18-7-16(20(30)9-18)11-35-37(26,32)33/h2-4,6,8,10,13,16,18,20,30H,5,7,9,11-12H2,1H3,(H2,26,32,33)(H,27,28,29)/t16-,18-,20+/m1/s1. The number of hydrogen-bond donors (Lipinski definition) is 3. The summed E-state index contributed by atoms with van der Waals surface area (Å²) in [6.45, 7) is 0.146. The minimum atomic E-state index is -4.10. The molecule has 1 aromatic carbocycles. The molecular formula is C24H27ClN4O6S2. The van der Waals surface area contributed by atoms with Gasteiger partial charge in [-0.05, 0) is 48.6 Å². The maximum atomic E-state index is 13.5. The Morgan fingerprint density at radius 1 is 1.32 bits per heavy atom. The number of ketones is 1. The van der Waals surface area contributed by atoms with Crippen LogP contribution in [0.3, 0.4) is 0 Å². The summed E-state index contributed by atoms with van der Waals surface area (Å²) in [5, 5.41) is 19.1. The number of benzene rings is 1. The number of rotatable bonds is 11. The summed E-state index contributed by atoms with van der Waals surface area (Å²) in [6.07, 6.45) is 3.34. The van der Waals surface area contributed by atoms with Gasteiger partial charge in [-0.1, -0.05) is 23.7 Å². The van der Waals surface area contributed by atoms with Crippen LogP contribution < -0.4 is 10.5 Å². The summed E-state index contributed by atoms with van der Waals surface area (Å²) in [5.41, 5.74) is 2.29. The third kappa shape index (κ3) is 7.32. The molecule has 2 aromatic heterocycles. The Morgan fingerprint density at radius 2 is 2.14 bits per heavy atom. The van der Waals surface area contributed by atoms with E-state index >= 15 is 0 Å². The first-order valence-corrected chi connectivity index (χ1v) is 14.1. The van der Waals surface area contributed by atoms with E-state index in [-0.39, 0.29) is 18.4 Å². The fraction of sp³-hybridized carbons (Fsp3) is 0.375. The number of aromatic nitrogens is 2. The van der Waals surface area contributed by atoms with Crippen molar-refractivity contribution in [2.24, 2.45) is 11.1 Å². The van der Waals surface area contributed by atoms with Gasteiger partial charge < -0.3 is 15.2 Å². The highest BCUT2D eigenvalue weighted by atomic mass is 35.5. The van der Waals surface area contributed by atoms with Crippen LogP contribution in [-0.4, -0.2) is 55.1 Å². The van der Waals surface area contributed by atoms with Gasteiger partial charge in [0, 0.05) is 35.2 Å². The van der Waals surface area contributed by atoms with Crippen molar-refractivity contribution in [2.45, 2.75) is 38.0 Å². The molecule has 0 amide bonds. The van der Waals surface area contributed by atoms with E-state index in [0.29, 0.717) is 47.2 Å². The highest BCUT2D eigenvalue weighted by Crippen LogP contribution is 2.32. The molecule has 1 saturated carbocycles. The van der Waals surface area contributed by atoms with Crippen molar-refractivity contribution < 1.29 is 27.2 Å². The normalized spacial score (nSPS) is 19.7. The summed E-state index contributed by atoms with van der Waals surface area (Å²) >= 11 is 7.49. The molecule has 3 aromatic rings. The van der Waals surface area contributed by atoms with E-state index in [1.807, 2.05) is 30.3 Å². The number of aliphatic hydroxyl groups is 1. The van der Waals surface area contributed by atoms with Crippen LogP contribution in [0.25, 0.3) is 0 Å². The van der Waals surface area contributed by atoms with Gasteiger partial charge in [0.25, 0.3) is 0 Å². The third-order valence-electron chi connectivity index (χ3n) is 6.08. The van der Waals surface area contributed by atoms with Crippen LogP contribution in [0.5, 0.6) is 0 Å². The van der Waals surface area contributed by atoms with Gasteiger partial charge in [-0.15, -0.1) is 11.3 Å². The lowest BCUT2D eigenvalue weighted by molar-refractivity contribution is 0.101. The quantitative estimate of drug-likeness (QED) is 0.297. The van der Waals surface area contributed by atoms with Gasteiger partial charge in [0.15, 0.2) is 0 Å². The molecule has 4 rings (SSSR count). The zero-order valence-electron chi connectivity index (χ0n) is 20.0. The molecule has 0 aliphatic heterocycles. The van der Waals surface area contributed by atoms with Gasteiger partial charge in [-0.2, -0.15) is 8.42 Å². The molecule has 4 N–H and O–H groups in total. The molecule has 198 valence electrons. The number of thiophene rings is 1. The summed E-state index contributed by atoms with van der Waals surface area (Å²) in [6, 6.07) is 9.17. The number of nitrogens with one attached hydrogen (secondary N) is 1. The molecule has 37 heavy (non-hydrogen) atoms. The molecule has 3 atom stereocenters. The second-order valence-corrected chi connectivity index (χ2v) is 11.6. The molecular weight excluding hydrogens is 540 g/mol. The maximum Gasteiger partial charge on any atom is 0.333 e. The van der Waals surface area contributed by atoms with Crippen molar-refractivity contribution in [2.75, 3.05) is 19.0 Å². The zero-order valence-corrected chi connectivity index (χ0v) is 22.4. The smallest absolute Gasteiger partial charge is 0.333 e. The Bertz CT molecular complexity index is 1370. The van der Waals surface area contributed by atoms with Crippen molar-refractivity contribution in [3.8, 4) is 0 Å². The van der Waals surface area contributed by atoms with Gasteiger partial charge in [0.2, 0.25) is 5.78 Å². The topological polar surface area (TPSA) is 154 Å². The molecule has 0 bridgehead atoms. The van der Waals surface area contributed by atoms with Gasteiger partial charge >= 0.3 is 10.3 Å². The lowest BCUT2D eigenvalue weighted by Crippen LogP contribution is -2.24. The van der Waals surface area contributed by atoms with Gasteiger partial charge in [-0.3, -0.25) is 8.98 Å². The van der Waals surface area contributed by atoms with Crippen LogP contribution in [-0.2, 0) is 32.3 Å². The van der Waals surface area contributed by atoms with Crippen molar-refractivity contribution >= 4 is 44.8 Å². The van der Waals surface area contributed by atoms with Crippen LogP contribution in [0.4, 0.5) is 5.82 Å². The van der Waals surface area contributed by atoms with Crippen LogP contribution in [0.15, 0.2) is 42.9 Å². The summed E-state index contributed by atoms with van der Waals surface area (Å²) in [5.74, 6) is -0.335.